The van der Waals surface area contributed by atoms with Gasteiger partial charge in [0.1, 0.15) is 5.69 Å². The van der Waals surface area contributed by atoms with Crippen molar-refractivity contribution in [3.63, 3.8) is 0 Å². The Hall–Kier alpha value is -2.50. The molecule has 2 N–H and O–H groups in total. The lowest BCUT2D eigenvalue weighted by Crippen LogP contribution is -2.36. The molecule has 0 spiro atoms. The smallest absolute Gasteiger partial charge is 0.270 e. The number of aromatic nitrogens is 3. The van der Waals surface area contributed by atoms with Gasteiger partial charge in [-0.15, -0.1) is 0 Å². The van der Waals surface area contributed by atoms with Gasteiger partial charge in [-0.05, 0) is 31.0 Å². The Morgan fingerprint density at radius 2 is 1.96 bits per heavy atom. The number of hydrogen-bond donors (Lipinski definition) is 2. The lowest BCUT2D eigenvalue weighted by Gasteiger charge is -2.22. The van der Waals surface area contributed by atoms with Gasteiger partial charge in [0.05, 0.1) is 12.2 Å². The molecule has 1 aliphatic carbocycles. The van der Waals surface area contributed by atoms with E-state index in [1.165, 1.54) is 19.3 Å². The third kappa shape index (κ3) is 4.48. The Bertz CT molecular complexity index is 640. The molecule has 2 heterocycles. The van der Waals surface area contributed by atoms with Gasteiger partial charge in [-0.1, -0.05) is 25.3 Å². The third-order valence-corrected chi connectivity index (χ3v) is 3.98. The van der Waals surface area contributed by atoms with Gasteiger partial charge in [0.25, 0.3) is 5.91 Å². The second-order valence-corrected chi connectivity index (χ2v) is 5.75. The van der Waals surface area contributed by atoms with E-state index in [4.69, 9.17) is 0 Å². The topological polar surface area (TPSA) is 79.8 Å². The van der Waals surface area contributed by atoms with Gasteiger partial charge in [0.15, 0.2) is 0 Å². The highest BCUT2D eigenvalue weighted by Gasteiger charge is 2.17. The molecule has 120 valence electrons. The van der Waals surface area contributed by atoms with E-state index in [-0.39, 0.29) is 11.9 Å². The highest BCUT2D eigenvalue weighted by atomic mass is 16.1. The summed E-state index contributed by atoms with van der Waals surface area (Å²) < 4.78 is 0. The van der Waals surface area contributed by atoms with E-state index in [1.807, 2.05) is 18.2 Å². The summed E-state index contributed by atoms with van der Waals surface area (Å²) in [5, 5.41) is 6.16. The van der Waals surface area contributed by atoms with E-state index in [9.17, 15) is 4.79 Å². The van der Waals surface area contributed by atoms with Crippen LogP contribution in [0.1, 0.15) is 48.3 Å². The van der Waals surface area contributed by atoms with E-state index in [0.29, 0.717) is 18.2 Å². The van der Waals surface area contributed by atoms with Crippen LogP contribution in [0.4, 0.5) is 5.95 Å². The summed E-state index contributed by atoms with van der Waals surface area (Å²) in [4.78, 5) is 25.0. The normalized spacial score (nSPS) is 15.1. The van der Waals surface area contributed by atoms with Gasteiger partial charge in [-0.2, -0.15) is 0 Å². The number of amides is 1. The molecule has 0 atom stereocenters. The van der Waals surface area contributed by atoms with Crippen LogP contribution in [0.3, 0.4) is 0 Å². The second kappa shape index (κ2) is 7.67. The first-order chi connectivity index (χ1) is 11.3. The van der Waals surface area contributed by atoms with E-state index in [0.717, 1.165) is 18.5 Å². The van der Waals surface area contributed by atoms with Gasteiger partial charge < -0.3 is 10.6 Å². The van der Waals surface area contributed by atoms with Gasteiger partial charge in [0.2, 0.25) is 5.95 Å². The number of pyridine rings is 1. The summed E-state index contributed by atoms with van der Waals surface area (Å²) in [6, 6.07) is 7.64. The molecule has 0 aliphatic heterocycles. The molecule has 2 aromatic heterocycles. The lowest BCUT2D eigenvalue weighted by molar-refractivity contribution is 0.0922. The zero-order chi connectivity index (χ0) is 15.9. The van der Waals surface area contributed by atoms with Crippen molar-refractivity contribution in [2.45, 2.75) is 44.7 Å². The Morgan fingerprint density at radius 3 is 2.74 bits per heavy atom. The van der Waals surface area contributed by atoms with Crippen LogP contribution >= 0.6 is 0 Å². The standard InChI is InChI=1S/C17H21N5O/c23-16(21-13-6-2-1-3-7-13)15-9-11-19-17(22-15)20-12-14-8-4-5-10-18-14/h4-5,8-11,13H,1-3,6-7,12H2,(H,21,23)(H,19,20,22). The van der Waals surface area contributed by atoms with Crippen molar-refractivity contribution in [1.82, 2.24) is 20.3 Å². The monoisotopic (exact) mass is 311 g/mol. The summed E-state index contributed by atoms with van der Waals surface area (Å²) in [5.74, 6) is 0.312. The Morgan fingerprint density at radius 1 is 1.09 bits per heavy atom. The van der Waals surface area contributed by atoms with E-state index in [2.05, 4.69) is 25.6 Å². The summed E-state index contributed by atoms with van der Waals surface area (Å²) in [6.07, 6.45) is 9.09. The van der Waals surface area contributed by atoms with E-state index >= 15 is 0 Å². The fraction of sp³-hybridized carbons (Fsp3) is 0.412. The Kier molecular flexibility index (Phi) is 5.13. The third-order valence-electron chi connectivity index (χ3n) is 3.98. The molecule has 1 saturated carbocycles. The number of rotatable bonds is 5. The molecular weight excluding hydrogens is 290 g/mol. The zero-order valence-electron chi connectivity index (χ0n) is 13.0. The minimum atomic E-state index is -0.125. The van der Waals surface area contributed by atoms with Gasteiger partial charge in [0, 0.05) is 18.4 Å². The van der Waals surface area contributed by atoms with Crippen molar-refractivity contribution in [1.29, 1.82) is 0 Å². The van der Waals surface area contributed by atoms with Crippen molar-refractivity contribution in [3.8, 4) is 0 Å². The van der Waals surface area contributed by atoms with E-state index < -0.39 is 0 Å². The summed E-state index contributed by atoms with van der Waals surface area (Å²) >= 11 is 0. The highest BCUT2D eigenvalue weighted by molar-refractivity contribution is 5.92. The minimum Gasteiger partial charge on any atom is -0.349 e. The Labute approximate surface area is 135 Å². The number of carbonyl (C=O) groups is 1. The number of anilines is 1. The predicted octanol–water partition coefficient (Wildman–Crippen LogP) is 2.55. The predicted molar refractivity (Wildman–Crippen MR) is 87.9 cm³/mol. The van der Waals surface area contributed by atoms with Crippen LogP contribution < -0.4 is 10.6 Å². The largest absolute Gasteiger partial charge is 0.349 e. The average Bonchev–Trinajstić information content (AvgIpc) is 2.62. The molecule has 0 saturated heterocycles. The first-order valence-corrected chi connectivity index (χ1v) is 8.09. The van der Waals surface area contributed by atoms with Crippen LogP contribution in [-0.4, -0.2) is 26.9 Å². The first-order valence-electron chi connectivity index (χ1n) is 8.09. The summed E-state index contributed by atoms with van der Waals surface area (Å²) in [7, 11) is 0. The second-order valence-electron chi connectivity index (χ2n) is 5.75. The van der Waals surface area contributed by atoms with Crippen LogP contribution in [0, 0.1) is 0 Å². The van der Waals surface area contributed by atoms with Crippen LogP contribution in [0.15, 0.2) is 36.7 Å². The zero-order valence-corrected chi connectivity index (χ0v) is 13.0. The molecule has 23 heavy (non-hydrogen) atoms. The molecule has 1 amide bonds. The van der Waals surface area contributed by atoms with Crippen molar-refractivity contribution in [2.75, 3.05) is 5.32 Å². The fourth-order valence-electron chi connectivity index (χ4n) is 2.75. The van der Waals surface area contributed by atoms with Crippen LogP contribution in [-0.2, 0) is 6.54 Å². The van der Waals surface area contributed by atoms with Crippen LogP contribution in [0.5, 0.6) is 0 Å². The van der Waals surface area contributed by atoms with Crippen molar-refractivity contribution < 1.29 is 4.79 Å². The molecular formula is C17H21N5O. The highest BCUT2D eigenvalue weighted by Crippen LogP contribution is 2.17. The molecule has 6 heteroatoms. The maximum Gasteiger partial charge on any atom is 0.270 e. The van der Waals surface area contributed by atoms with Gasteiger partial charge in [-0.25, -0.2) is 9.97 Å². The number of carbonyl (C=O) groups excluding carboxylic acids is 1. The quantitative estimate of drug-likeness (QED) is 0.887. The van der Waals surface area contributed by atoms with Crippen LogP contribution in [0.25, 0.3) is 0 Å². The van der Waals surface area contributed by atoms with E-state index in [1.54, 1.807) is 18.5 Å². The summed E-state index contributed by atoms with van der Waals surface area (Å²) in [5.41, 5.74) is 1.29. The molecule has 2 aromatic rings. The lowest BCUT2D eigenvalue weighted by atomic mass is 9.95. The molecule has 6 nitrogen and oxygen atoms in total. The molecule has 0 radical (unpaired) electrons. The first kappa shape index (κ1) is 15.4. The number of nitrogens with one attached hydrogen (secondary N) is 2. The SMILES string of the molecule is O=C(NC1CCCCC1)c1ccnc(NCc2ccccn2)n1. The van der Waals surface area contributed by atoms with Crippen molar-refractivity contribution >= 4 is 11.9 Å². The Balaban J connectivity index is 1.59. The number of nitrogens with zero attached hydrogens (tertiary/aromatic N) is 3. The number of hydrogen-bond acceptors (Lipinski definition) is 5. The fourth-order valence-corrected chi connectivity index (χ4v) is 2.75. The van der Waals surface area contributed by atoms with Gasteiger partial charge in [-0.3, -0.25) is 9.78 Å². The summed E-state index contributed by atoms with van der Waals surface area (Å²) in [6.45, 7) is 0.522. The molecule has 0 bridgehead atoms. The molecule has 3 rings (SSSR count). The van der Waals surface area contributed by atoms with Crippen LogP contribution in [0.2, 0.25) is 0 Å². The molecule has 1 aliphatic rings. The minimum absolute atomic E-state index is 0.125. The average molecular weight is 311 g/mol. The van der Waals surface area contributed by atoms with Gasteiger partial charge >= 0.3 is 0 Å². The molecule has 0 aromatic carbocycles. The maximum absolute atomic E-state index is 12.3. The van der Waals surface area contributed by atoms with Crippen molar-refractivity contribution in [2.24, 2.45) is 0 Å². The molecule has 1 fully saturated rings. The maximum atomic E-state index is 12.3. The van der Waals surface area contributed by atoms with Crippen molar-refractivity contribution in [3.05, 3.63) is 48.0 Å². The molecule has 0 unspecified atom stereocenters.